The van der Waals surface area contributed by atoms with E-state index in [0.29, 0.717) is 42.9 Å². The molecule has 10 heteroatoms. The van der Waals surface area contributed by atoms with Gasteiger partial charge in [0, 0.05) is 37.1 Å². The van der Waals surface area contributed by atoms with Crippen LogP contribution in [0.4, 0.5) is 11.6 Å². The molecule has 2 heterocycles. The van der Waals surface area contributed by atoms with Gasteiger partial charge in [-0.3, -0.25) is 0 Å². The van der Waals surface area contributed by atoms with Gasteiger partial charge in [0.15, 0.2) is 8.32 Å². The molecule has 0 unspecified atom stereocenters. The van der Waals surface area contributed by atoms with Crippen LogP contribution in [0.3, 0.4) is 0 Å². The normalized spacial score (nSPS) is 16.6. The zero-order valence-electron chi connectivity index (χ0n) is 24.6. The number of nitrogens with one attached hydrogen (secondary N) is 1. The first-order valence-electron chi connectivity index (χ1n) is 13.4. The van der Waals surface area contributed by atoms with Gasteiger partial charge in [-0.2, -0.15) is 18.8 Å². The molecule has 0 saturated carbocycles. The van der Waals surface area contributed by atoms with Crippen molar-refractivity contribution in [3.05, 3.63) is 59.4 Å². The van der Waals surface area contributed by atoms with Gasteiger partial charge in [-0.05, 0) is 72.4 Å². The second-order valence-electron chi connectivity index (χ2n) is 11.9. The molecule has 1 aliphatic carbocycles. The number of nitrogens with zero attached hydrogens (tertiary/aromatic N) is 4. The quantitative estimate of drug-likeness (QED) is 0.214. The minimum absolute atomic E-state index is 0. The van der Waals surface area contributed by atoms with E-state index >= 15 is 0 Å². The van der Waals surface area contributed by atoms with Crippen molar-refractivity contribution in [2.75, 3.05) is 32.2 Å². The van der Waals surface area contributed by atoms with Crippen molar-refractivity contribution < 1.29 is 13.9 Å². The SMILES string of the molecule is COCCOc1ncccc1Nc1nccc(-c2cc(C#N)c3c(c2)[C@](C)(CO[Si](C)(C)C(C)(C)C)CC3)n1.S. The molecule has 1 aliphatic rings. The van der Waals surface area contributed by atoms with E-state index in [4.69, 9.17) is 18.9 Å². The number of benzene rings is 1. The van der Waals surface area contributed by atoms with Crippen LogP contribution in [0.1, 0.15) is 50.8 Å². The number of hydrogen-bond acceptors (Lipinski definition) is 8. The van der Waals surface area contributed by atoms with Crippen molar-refractivity contribution in [1.82, 2.24) is 15.0 Å². The van der Waals surface area contributed by atoms with Crippen LogP contribution in [-0.4, -0.2) is 50.2 Å². The number of pyridine rings is 1. The van der Waals surface area contributed by atoms with E-state index in [9.17, 15) is 5.26 Å². The van der Waals surface area contributed by atoms with E-state index in [1.54, 1.807) is 19.5 Å². The highest BCUT2D eigenvalue weighted by Crippen LogP contribution is 2.45. The third-order valence-electron chi connectivity index (χ3n) is 8.00. The fourth-order valence-electron chi connectivity index (χ4n) is 4.49. The molecular weight excluding hydrogens is 539 g/mol. The molecule has 0 fully saturated rings. The van der Waals surface area contributed by atoms with Crippen molar-refractivity contribution in [2.45, 2.75) is 64.1 Å². The van der Waals surface area contributed by atoms with Crippen LogP contribution in [0.15, 0.2) is 42.7 Å². The monoisotopic (exact) mass is 579 g/mol. The molecule has 0 radical (unpaired) electrons. The average Bonchev–Trinajstić information content (AvgIpc) is 3.24. The summed E-state index contributed by atoms with van der Waals surface area (Å²) in [5.41, 5.74) is 5.13. The molecule has 1 aromatic carbocycles. The summed E-state index contributed by atoms with van der Waals surface area (Å²) in [4.78, 5) is 13.5. The summed E-state index contributed by atoms with van der Waals surface area (Å²) in [5.74, 6) is 0.866. The lowest BCUT2D eigenvalue weighted by Crippen LogP contribution is -2.44. The first kappa shape index (κ1) is 31.6. The summed E-state index contributed by atoms with van der Waals surface area (Å²) >= 11 is 0. The summed E-state index contributed by atoms with van der Waals surface area (Å²) in [7, 11) is -0.291. The molecule has 2 aromatic heterocycles. The van der Waals surface area contributed by atoms with Gasteiger partial charge in [0.05, 0.1) is 23.9 Å². The summed E-state index contributed by atoms with van der Waals surface area (Å²) in [6.07, 6.45) is 5.22. The summed E-state index contributed by atoms with van der Waals surface area (Å²) < 4.78 is 17.5. The van der Waals surface area contributed by atoms with Gasteiger partial charge in [-0.25, -0.2) is 15.0 Å². The Morgan fingerprint density at radius 2 is 1.90 bits per heavy atom. The predicted molar refractivity (Wildman–Crippen MR) is 166 cm³/mol. The highest BCUT2D eigenvalue weighted by atomic mass is 32.1. The molecule has 1 N–H and O–H groups in total. The number of methoxy groups -OCH3 is 1. The molecular formula is C30H41N5O3SSi. The Morgan fingerprint density at radius 3 is 2.60 bits per heavy atom. The number of ether oxygens (including phenoxy) is 2. The molecule has 0 spiro atoms. The van der Waals surface area contributed by atoms with Gasteiger partial charge in [0.1, 0.15) is 12.3 Å². The summed E-state index contributed by atoms with van der Waals surface area (Å²) in [6, 6.07) is 12.1. The second kappa shape index (κ2) is 12.7. The zero-order valence-corrected chi connectivity index (χ0v) is 26.6. The van der Waals surface area contributed by atoms with Crippen LogP contribution in [0, 0.1) is 11.3 Å². The molecule has 1 atom stereocenters. The first-order chi connectivity index (χ1) is 18.5. The van der Waals surface area contributed by atoms with Crippen molar-refractivity contribution in [3.63, 3.8) is 0 Å². The van der Waals surface area contributed by atoms with Gasteiger partial charge in [-0.15, -0.1) is 0 Å². The Hall–Kier alpha value is -2.97. The van der Waals surface area contributed by atoms with Gasteiger partial charge in [0.25, 0.3) is 0 Å². The molecule has 3 aromatic rings. The van der Waals surface area contributed by atoms with Crippen LogP contribution in [0.5, 0.6) is 5.88 Å². The van der Waals surface area contributed by atoms with E-state index in [-0.39, 0.29) is 23.9 Å². The third kappa shape index (κ3) is 6.84. The highest BCUT2D eigenvalue weighted by molar-refractivity contribution is 7.59. The van der Waals surface area contributed by atoms with Gasteiger partial charge >= 0.3 is 0 Å². The van der Waals surface area contributed by atoms with Crippen LogP contribution in [0.2, 0.25) is 18.1 Å². The smallest absolute Gasteiger partial charge is 0.237 e. The van der Waals surface area contributed by atoms with Gasteiger partial charge < -0.3 is 19.2 Å². The topological polar surface area (TPSA) is 102 Å². The number of anilines is 2. The predicted octanol–water partition coefficient (Wildman–Crippen LogP) is 6.52. The number of nitriles is 1. The number of fused-ring (bicyclic) bond motifs is 1. The summed E-state index contributed by atoms with van der Waals surface area (Å²) in [6.45, 7) is 15.1. The van der Waals surface area contributed by atoms with Crippen molar-refractivity contribution in [3.8, 4) is 23.2 Å². The van der Waals surface area contributed by atoms with E-state index in [1.807, 2.05) is 24.3 Å². The Morgan fingerprint density at radius 1 is 1.12 bits per heavy atom. The molecule has 214 valence electrons. The molecule has 0 amide bonds. The minimum Gasteiger partial charge on any atom is -0.474 e. The van der Waals surface area contributed by atoms with Crippen LogP contribution >= 0.6 is 13.5 Å². The van der Waals surface area contributed by atoms with Crippen LogP contribution in [-0.2, 0) is 21.0 Å². The lowest BCUT2D eigenvalue weighted by molar-refractivity contribution is 0.144. The van der Waals surface area contributed by atoms with Crippen LogP contribution in [0.25, 0.3) is 11.3 Å². The molecule has 40 heavy (non-hydrogen) atoms. The second-order valence-corrected chi connectivity index (χ2v) is 16.7. The van der Waals surface area contributed by atoms with E-state index < -0.39 is 8.32 Å². The van der Waals surface area contributed by atoms with E-state index in [2.05, 4.69) is 68.2 Å². The third-order valence-corrected chi connectivity index (χ3v) is 12.5. The molecule has 0 bridgehead atoms. The maximum Gasteiger partial charge on any atom is 0.237 e. The molecule has 0 aliphatic heterocycles. The maximum absolute atomic E-state index is 10.0. The average molecular weight is 580 g/mol. The summed E-state index contributed by atoms with van der Waals surface area (Å²) in [5, 5.41) is 13.4. The Labute approximate surface area is 246 Å². The first-order valence-corrected chi connectivity index (χ1v) is 16.3. The minimum atomic E-state index is -1.92. The Balaban J connectivity index is 0.00000441. The van der Waals surface area contributed by atoms with Crippen LogP contribution < -0.4 is 10.1 Å². The fourth-order valence-corrected chi connectivity index (χ4v) is 5.60. The zero-order chi connectivity index (χ0) is 28.3. The Kier molecular flexibility index (Phi) is 10.0. The molecule has 8 nitrogen and oxygen atoms in total. The Bertz CT molecular complexity index is 1370. The number of rotatable bonds is 10. The van der Waals surface area contributed by atoms with Crippen molar-refractivity contribution in [2.24, 2.45) is 0 Å². The number of aromatic nitrogens is 3. The van der Waals surface area contributed by atoms with Crippen molar-refractivity contribution >= 4 is 33.4 Å². The maximum atomic E-state index is 10.0. The fraction of sp³-hybridized carbons (Fsp3) is 0.467. The standard InChI is InChI=1S/C30H39N5O3Si.H2S/c1-29(2,3)39(6,7)38-20-30(4)12-10-23-22(19-31)17-21(18-24(23)30)25-11-14-33-28(34-25)35-26-9-8-13-32-27(26)37-16-15-36-5;/h8-9,11,13-14,17-18H,10,12,15-16,20H2,1-7H3,(H,33,34,35);1H2/t30-;/m0./s1. The van der Waals surface area contributed by atoms with Crippen molar-refractivity contribution in [1.29, 1.82) is 5.26 Å². The molecule has 4 rings (SSSR count). The lowest BCUT2D eigenvalue weighted by Gasteiger charge is -2.39. The largest absolute Gasteiger partial charge is 0.474 e. The highest BCUT2D eigenvalue weighted by Gasteiger charge is 2.42. The molecule has 0 saturated heterocycles. The van der Waals surface area contributed by atoms with Gasteiger partial charge in [0.2, 0.25) is 11.8 Å². The van der Waals surface area contributed by atoms with Gasteiger partial charge in [-0.1, -0.05) is 27.7 Å². The van der Waals surface area contributed by atoms with E-state index in [1.165, 1.54) is 5.56 Å². The number of hydrogen-bond donors (Lipinski definition) is 1. The van der Waals surface area contributed by atoms with E-state index in [0.717, 1.165) is 29.7 Å². The lowest BCUT2D eigenvalue weighted by atomic mass is 9.83.